The topological polar surface area (TPSA) is 90.6 Å². The minimum atomic E-state index is -0.398. The van der Waals surface area contributed by atoms with Gasteiger partial charge >= 0.3 is 0 Å². The molecule has 5 rings (SSSR count). The highest BCUT2D eigenvalue weighted by Crippen LogP contribution is 2.23. The molecule has 4 heterocycles. The smallest absolute Gasteiger partial charge is 0.267 e. The van der Waals surface area contributed by atoms with Crippen LogP contribution in [0.4, 0.5) is 10.1 Å². The second-order valence-electron chi connectivity index (χ2n) is 8.69. The van der Waals surface area contributed by atoms with Gasteiger partial charge in [0.25, 0.3) is 11.5 Å². The molecule has 34 heavy (non-hydrogen) atoms. The first-order chi connectivity index (χ1) is 16.5. The Labute approximate surface area is 200 Å². The molecule has 8 nitrogen and oxygen atoms in total. The molecule has 1 amide bonds. The zero-order chi connectivity index (χ0) is 23.7. The summed E-state index contributed by atoms with van der Waals surface area (Å²) in [6, 6.07) is 8.11. The van der Waals surface area contributed by atoms with Crippen LogP contribution in [0.1, 0.15) is 22.3 Å². The number of hydrogen-bond donors (Lipinski definition) is 2. The molecule has 2 fully saturated rings. The SMILES string of the molecule is O=C(N[C@H]1CCOC1)c1ccc(N2CCN(Cc3cnc4cc(Cl)c(=O)[nH]c4c3)CC2)c(F)c1. The van der Waals surface area contributed by atoms with Crippen LogP contribution in [-0.2, 0) is 11.3 Å². The fourth-order valence-corrected chi connectivity index (χ4v) is 4.57. The lowest BCUT2D eigenvalue weighted by molar-refractivity contribution is 0.0929. The molecule has 2 N–H and O–H groups in total. The zero-order valence-corrected chi connectivity index (χ0v) is 19.3. The summed E-state index contributed by atoms with van der Waals surface area (Å²) in [5.41, 5.74) is 2.75. The van der Waals surface area contributed by atoms with Crippen molar-refractivity contribution in [1.29, 1.82) is 0 Å². The number of carbonyl (C=O) groups is 1. The first kappa shape index (κ1) is 22.8. The number of nitrogens with zero attached hydrogens (tertiary/aromatic N) is 3. The van der Waals surface area contributed by atoms with Gasteiger partial charge in [0, 0.05) is 51.1 Å². The van der Waals surface area contributed by atoms with Gasteiger partial charge in [-0.1, -0.05) is 11.6 Å². The number of piperazine rings is 1. The first-order valence-corrected chi connectivity index (χ1v) is 11.7. The van der Waals surface area contributed by atoms with Crippen molar-refractivity contribution in [3.63, 3.8) is 0 Å². The van der Waals surface area contributed by atoms with E-state index in [-0.39, 0.29) is 22.5 Å². The molecule has 0 saturated carbocycles. The monoisotopic (exact) mass is 485 g/mol. The van der Waals surface area contributed by atoms with Crippen molar-refractivity contribution in [2.75, 3.05) is 44.3 Å². The average Bonchev–Trinajstić information content (AvgIpc) is 3.34. The number of pyridine rings is 2. The quantitative estimate of drug-likeness (QED) is 0.577. The van der Waals surface area contributed by atoms with Crippen molar-refractivity contribution in [1.82, 2.24) is 20.2 Å². The maximum Gasteiger partial charge on any atom is 0.267 e. The standard InChI is InChI=1S/C24H25ClFN5O3/c25-18-11-20-21(29-24(18)33)9-15(12-27-20)13-30-4-6-31(7-5-30)22-2-1-16(10-19(22)26)23(32)28-17-3-8-34-14-17/h1-2,9-12,17H,3-8,13-14H2,(H,28,32)(H,29,33)/t17-/m0/s1. The van der Waals surface area contributed by atoms with E-state index in [2.05, 4.69) is 20.2 Å². The Morgan fingerprint density at radius 2 is 2.06 bits per heavy atom. The Balaban J connectivity index is 1.19. The summed E-state index contributed by atoms with van der Waals surface area (Å²) in [5.74, 6) is -0.677. The molecule has 0 bridgehead atoms. The normalized spacial score (nSPS) is 19.0. The minimum absolute atomic E-state index is 0.0147. The number of carbonyl (C=O) groups excluding carboxylic acids is 1. The van der Waals surface area contributed by atoms with Crippen LogP contribution in [-0.4, -0.2) is 66.2 Å². The van der Waals surface area contributed by atoms with Gasteiger partial charge in [-0.15, -0.1) is 0 Å². The number of benzene rings is 1. The Bertz CT molecular complexity index is 1270. The molecule has 2 aromatic heterocycles. The van der Waals surface area contributed by atoms with Crippen LogP contribution in [0.5, 0.6) is 0 Å². The molecule has 3 aromatic rings. The molecule has 0 radical (unpaired) electrons. The lowest BCUT2D eigenvalue weighted by atomic mass is 10.1. The molecule has 0 unspecified atom stereocenters. The molecule has 2 saturated heterocycles. The number of rotatable bonds is 5. The number of nitrogens with one attached hydrogen (secondary N) is 2. The summed E-state index contributed by atoms with van der Waals surface area (Å²) in [6.45, 7) is 4.63. The first-order valence-electron chi connectivity index (χ1n) is 11.3. The van der Waals surface area contributed by atoms with Crippen molar-refractivity contribution >= 4 is 34.2 Å². The number of aromatic amines is 1. The Hall–Kier alpha value is -3.01. The number of H-pyrrole nitrogens is 1. The molecule has 178 valence electrons. The summed E-state index contributed by atoms with van der Waals surface area (Å²) in [4.78, 5) is 35.6. The second kappa shape index (κ2) is 9.69. The van der Waals surface area contributed by atoms with Crippen molar-refractivity contribution < 1.29 is 13.9 Å². The van der Waals surface area contributed by atoms with E-state index in [1.807, 2.05) is 11.0 Å². The van der Waals surface area contributed by atoms with Crippen LogP contribution in [0, 0.1) is 5.82 Å². The second-order valence-corrected chi connectivity index (χ2v) is 9.09. The van der Waals surface area contributed by atoms with E-state index in [1.54, 1.807) is 24.4 Å². The van der Waals surface area contributed by atoms with Gasteiger partial charge in [0.2, 0.25) is 0 Å². The molecule has 2 aliphatic rings. The van der Waals surface area contributed by atoms with Crippen LogP contribution in [0.2, 0.25) is 5.02 Å². The van der Waals surface area contributed by atoms with Crippen molar-refractivity contribution in [3.8, 4) is 0 Å². The predicted molar refractivity (Wildman–Crippen MR) is 128 cm³/mol. The number of amides is 1. The molecule has 0 aliphatic carbocycles. The van der Waals surface area contributed by atoms with E-state index in [4.69, 9.17) is 16.3 Å². The summed E-state index contributed by atoms with van der Waals surface area (Å²) in [6.07, 6.45) is 2.56. The molecule has 0 spiro atoms. The van der Waals surface area contributed by atoms with Gasteiger partial charge in [0.05, 0.1) is 29.4 Å². The molecule has 2 aliphatic heterocycles. The number of fused-ring (bicyclic) bond motifs is 1. The predicted octanol–water partition coefficient (Wildman–Crippen LogP) is 2.56. The lowest BCUT2D eigenvalue weighted by Crippen LogP contribution is -2.46. The van der Waals surface area contributed by atoms with Gasteiger partial charge in [-0.25, -0.2) is 4.39 Å². The van der Waals surface area contributed by atoms with Gasteiger partial charge < -0.3 is 19.9 Å². The number of ether oxygens (including phenoxy) is 1. The molecule has 10 heteroatoms. The number of aromatic nitrogens is 2. The van der Waals surface area contributed by atoms with Crippen molar-refractivity contribution in [2.24, 2.45) is 0 Å². The maximum absolute atomic E-state index is 14.9. The van der Waals surface area contributed by atoms with E-state index in [0.717, 1.165) is 25.1 Å². The highest BCUT2D eigenvalue weighted by atomic mass is 35.5. The highest BCUT2D eigenvalue weighted by molar-refractivity contribution is 6.30. The summed E-state index contributed by atoms with van der Waals surface area (Å²) < 4.78 is 20.1. The minimum Gasteiger partial charge on any atom is -0.379 e. The summed E-state index contributed by atoms with van der Waals surface area (Å²) in [7, 11) is 0. The van der Waals surface area contributed by atoms with Crippen molar-refractivity contribution in [2.45, 2.75) is 19.0 Å². The third-order valence-corrected chi connectivity index (χ3v) is 6.58. The van der Waals surface area contributed by atoms with Gasteiger partial charge in [-0.05, 0) is 42.3 Å². The molecule has 1 atom stereocenters. The third kappa shape index (κ3) is 4.91. The zero-order valence-electron chi connectivity index (χ0n) is 18.5. The van der Waals surface area contributed by atoms with Crippen LogP contribution in [0.3, 0.4) is 0 Å². The average molecular weight is 486 g/mol. The van der Waals surface area contributed by atoms with Gasteiger partial charge in [0.15, 0.2) is 0 Å². The highest BCUT2D eigenvalue weighted by Gasteiger charge is 2.22. The lowest BCUT2D eigenvalue weighted by Gasteiger charge is -2.36. The van der Waals surface area contributed by atoms with E-state index < -0.39 is 5.82 Å². The number of anilines is 1. The molecular weight excluding hydrogens is 461 g/mol. The van der Waals surface area contributed by atoms with Crippen LogP contribution in [0.25, 0.3) is 11.0 Å². The van der Waals surface area contributed by atoms with Gasteiger partial charge in [-0.2, -0.15) is 0 Å². The van der Waals surface area contributed by atoms with Gasteiger partial charge in [0.1, 0.15) is 10.8 Å². The largest absolute Gasteiger partial charge is 0.379 e. The third-order valence-electron chi connectivity index (χ3n) is 6.30. The Morgan fingerprint density at radius 1 is 1.24 bits per heavy atom. The Morgan fingerprint density at radius 3 is 2.79 bits per heavy atom. The fraction of sp³-hybridized carbons (Fsp3) is 0.375. The van der Waals surface area contributed by atoms with E-state index in [9.17, 15) is 14.0 Å². The number of hydrogen-bond acceptors (Lipinski definition) is 6. The van der Waals surface area contributed by atoms with Crippen LogP contribution >= 0.6 is 11.6 Å². The maximum atomic E-state index is 14.9. The number of halogens is 2. The molecular formula is C24H25ClFN5O3. The fourth-order valence-electron chi connectivity index (χ4n) is 4.41. The van der Waals surface area contributed by atoms with Crippen molar-refractivity contribution in [3.05, 3.63) is 68.8 Å². The van der Waals surface area contributed by atoms with E-state index >= 15 is 0 Å². The van der Waals surface area contributed by atoms with E-state index in [1.165, 1.54) is 6.07 Å². The van der Waals surface area contributed by atoms with Crippen LogP contribution in [0.15, 0.2) is 41.3 Å². The Kier molecular flexibility index (Phi) is 6.49. The molecule has 1 aromatic carbocycles. The van der Waals surface area contributed by atoms with Crippen LogP contribution < -0.4 is 15.8 Å². The van der Waals surface area contributed by atoms with E-state index in [0.29, 0.717) is 55.1 Å². The van der Waals surface area contributed by atoms with Gasteiger partial charge in [-0.3, -0.25) is 19.5 Å². The summed E-state index contributed by atoms with van der Waals surface area (Å²) >= 11 is 5.87. The summed E-state index contributed by atoms with van der Waals surface area (Å²) in [5, 5.41) is 3.00.